The second-order valence-corrected chi connectivity index (χ2v) is 17.0. The van der Waals surface area contributed by atoms with Gasteiger partial charge in [-0.25, -0.2) is 0 Å². The number of unbranched alkanes of at least 4 members (excludes halogenated alkanes) is 13. The fourth-order valence-corrected chi connectivity index (χ4v) is 6.69. The standard InChI is InChI=1S/C61H96O6/c1-4-7-10-13-16-19-22-25-28-29-30-31-34-36-39-42-45-48-51-54-60(63)66-57-58(67-61(64)55-52-49-46-43-40-37-33-27-24-21-18-15-12-9-6-3)56-65-59(62)53-50-47-44-41-38-35-32-26-23-20-17-14-11-8-5-2/h7,9-10,12,16-21,25-28,30-33,36,39,45,48,58H,4-6,8,11,13-15,22-24,29,34-35,37-38,40-44,46-47,49-57H2,1-3H3/b10-7+,12-9+,19-16+,20-17+,21-18+,28-25+,31-30+,32-26+,33-27+,39-36+,48-45+/t58-/m1/s1. The molecular formula is C61H96O6. The molecule has 0 unspecified atom stereocenters. The van der Waals surface area contributed by atoms with Gasteiger partial charge in [-0.3, -0.25) is 14.4 Å². The predicted octanol–water partition coefficient (Wildman–Crippen LogP) is 17.9. The Morgan fingerprint density at radius 1 is 0.313 bits per heavy atom. The zero-order chi connectivity index (χ0) is 48.6. The number of ether oxygens (including phenoxy) is 3. The van der Waals surface area contributed by atoms with Crippen molar-refractivity contribution in [3.05, 3.63) is 134 Å². The topological polar surface area (TPSA) is 78.9 Å². The molecule has 0 saturated heterocycles. The van der Waals surface area contributed by atoms with Crippen LogP contribution in [-0.2, 0) is 28.6 Å². The van der Waals surface area contributed by atoms with E-state index >= 15 is 0 Å². The molecule has 0 saturated carbocycles. The summed E-state index contributed by atoms with van der Waals surface area (Å²) >= 11 is 0. The molecule has 0 aromatic heterocycles. The number of carbonyl (C=O) groups excluding carboxylic acids is 3. The van der Waals surface area contributed by atoms with Crippen LogP contribution >= 0.6 is 0 Å². The van der Waals surface area contributed by atoms with Gasteiger partial charge < -0.3 is 14.2 Å². The molecular weight excluding hydrogens is 829 g/mol. The first-order valence-corrected chi connectivity index (χ1v) is 26.7. The van der Waals surface area contributed by atoms with E-state index in [2.05, 4.69) is 142 Å². The van der Waals surface area contributed by atoms with Crippen LogP contribution < -0.4 is 0 Å². The molecule has 0 aliphatic rings. The number of hydrogen-bond donors (Lipinski definition) is 0. The van der Waals surface area contributed by atoms with Crippen molar-refractivity contribution >= 4 is 17.9 Å². The minimum atomic E-state index is -0.828. The first-order chi connectivity index (χ1) is 33.0. The lowest BCUT2D eigenvalue weighted by Crippen LogP contribution is -2.30. The van der Waals surface area contributed by atoms with E-state index in [1.807, 2.05) is 12.2 Å². The van der Waals surface area contributed by atoms with Gasteiger partial charge in [0.2, 0.25) is 0 Å². The number of esters is 3. The third-order valence-electron chi connectivity index (χ3n) is 10.6. The maximum atomic E-state index is 12.8. The van der Waals surface area contributed by atoms with Crippen molar-refractivity contribution in [2.45, 2.75) is 219 Å². The van der Waals surface area contributed by atoms with E-state index in [0.29, 0.717) is 12.8 Å². The highest BCUT2D eigenvalue weighted by Crippen LogP contribution is 2.12. The molecule has 0 aliphatic heterocycles. The molecule has 376 valence electrons. The molecule has 6 nitrogen and oxygen atoms in total. The van der Waals surface area contributed by atoms with E-state index in [9.17, 15) is 14.4 Å². The Hall–Kier alpha value is -4.45. The third kappa shape index (κ3) is 52.4. The smallest absolute Gasteiger partial charge is 0.306 e. The van der Waals surface area contributed by atoms with Crippen LogP contribution in [0.4, 0.5) is 0 Å². The van der Waals surface area contributed by atoms with Crippen LogP contribution in [0.3, 0.4) is 0 Å². The van der Waals surface area contributed by atoms with Gasteiger partial charge in [0.25, 0.3) is 0 Å². The van der Waals surface area contributed by atoms with Crippen LogP contribution in [0.25, 0.3) is 0 Å². The van der Waals surface area contributed by atoms with E-state index in [4.69, 9.17) is 14.2 Å². The SMILES string of the molecule is CC/C=C/C/C=C/C/C=C/C/C=C/C/C=C/C/C=C/CCC(=O)OC[C@@H](COC(=O)CCCCCCC/C=C/C/C=C/CCCCC)OC(=O)CCCCCCC/C=C/C/C=C/C/C=C/CC. The predicted molar refractivity (Wildman–Crippen MR) is 288 cm³/mol. The van der Waals surface area contributed by atoms with Gasteiger partial charge in [0.15, 0.2) is 6.10 Å². The van der Waals surface area contributed by atoms with Gasteiger partial charge in [-0.05, 0) is 122 Å². The largest absolute Gasteiger partial charge is 0.462 e. The van der Waals surface area contributed by atoms with Crippen molar-refractivity contribution in [1.82, 2.24) is 0 Å². The summed E-state index contributed by atoms with van der Waals surface area (Å²) < 4.78 is 16.7. The van der Waals surface area contributed by atoms with Crippen LogP contribution in [0.15, 0.2) is 134 Å². The van der Waals surface area contributed by atoms with Crippen LogP contribution in [0, 0.1) is 0 Å². The highest BCUT2D eigenvalue weighted by atomic mass is 16.6. The summed E-state index contributed by atoms with van der Waals surface area (Å²) in [6, 6.07) is 0. The minimum Gasteiger partial charge on any atom is -0.462 e. The average molecular weight is 925 g/mol. The Kier molecular flexibility index (Phi) is 50.6. The van der Waals surface area contributed by atoms with Gasteiger partial charge in [-0.1, -0.05) is 206 Å². The van der Waals surface area contributed by atoms with Gasteiger partial charge in [-0.2, -0.15) is 0 Å². The maximum absolute atomic E-state index is 12.8. The van der Waals surface area contributed by atoms with E-state index in [1.54, 1.807) is 0 Å². The first kappa shape index (κ1) is 62.5. The van der Waals surface area contributed by atoms with Gasteiger partial charge >= 0.3 is 17.9 Å². The van der Waals surface area contributed by atoms with Crippen molar-refractivity contribution in [3.8, 4) is 0 Å². The van der Waals surface area contributed by atoms with E-state index in [1.165, 1.54) is 25.7 Å². The second-order valence-electron chi connectivity index (χ2n) is 17.0. The van der Waals surface area contributed by atoms with Crippen LogP contribution in [0.2, 0.25) is 0 Å². The highest BCUT2D eigenvalue weighted by Gasteiger charge is 2.19. The highest BCUT2D eigenvalue weighted by molar-refractivity contribution is 5.71. The lowest BCUT2D eigenvalue weighted by molar-refractivity contribution is -0.166. The average Bonchev–Trinajstić information content (AvgIpc) is 3.33. The Morgan fingerprint density at radius 2 is 0.612 bits per heavy atom. The van der Waals surface area contributed by atoms with Crippen LogP contribution in [0.5, 0.6) is 0 Å². The number of rotatable bonds is 46. The van der Waals surface area contributed by atoms with Gasteiger partial charge in [0.1, 0.15) is 13.2 Å². The first-order valence-electron chi connectivity index (χ1n) is 26.7. The normalized spacial score (nSPS) is 13.2. The van der Waals surface area contributed by atoms with E-state index in [-0.39, 0.29) is 44.0 Å². The van der Waals surface area contributed by atoms with Crippen molar-refractivity contribution in [2.24, 2.45) is 0 Å². The van der Waals surface area contributed by atoms with Crippen molar-refractivity contribution in [2.75, 3.05) is 13.2 Å². The molecule has 0 aromatic carbocycles. The third-order valence-corrected chi connectivity index (χ3v) is 10.6. The summed E-state index contributed by atoms with van der Waals surface area (Å²) in [6.45, 7) is 6.28. The number of hydrogen-bond acceptors (Lipinski definition) is 6. The Bertz CT molecular complexity index is 1480. The maximum Gasteiger partial charge on any atom is 0.306 e. The van der Waals surface area contributed by atoms with Gasteiger partial charge in [0.05, 0.1) is 0 Å². The van der Waals surface area contributed by atoms with Crippen LogP contribution in [-0.4, -0.2) is 37.2 Å². The number of carbonyl (C=O) groups is 3. The second kappa shape index (κ2) is 54.2. The van der Waals surface area contributed by atoms with Crippen molar-refractivity contribution < 1.29 is 28.6 Å². The van der Waals surface area contributed by atoms with Crippen molar-refractivity contribution in [1.29, 1.82) is 0 Å². The molecule has 0 N–H and O–H groups in total. The molecule has 0 fully saturated rings. The zero-order valence-electron chi connectivity index (χ0n) is 42.9. The molecule has 0 rings (SSSR count). The number of allylic oxidation sites excluding steroid dienone is 22. The Morgan fingerprint density at radius 3 is 1.00 bits per heavy atom. The lowest BCUT2D eigenvalue weighted by atomic mass is 10.1. The molecule has 0 aliphatic carbocycles. The summed E-state index contributed by atoms with van der Waals surface area (Å²) in [5.41, 5.74) is 0. The quantitative estimate of drug-likeness (QED) is 0.0262. The lowest BCUT2D eigenvalue weighted by Gasteiger charge is -2.18. The summed E-state index contributed by atoms with van der Waals surface area (Å²) in [4.78, 5) is 38.0. The van der Waals surface area contributed by atoms with Crippen LogP contribution in [0.1, 0.15) is 213 Å². The fourth-order valence-electron chi connectivity index (χ4n) is 6.69. The molecule has 0 radical (unpaired) electrons. The molecule has 0 heterocycles. The summed E-state index contributed by atoms with van der Waals surface area (Å²) in [7, 11) is 0. The molecule has 1 atom stereocenters. The Balaban J connectivity index is 4.58. The molecule has 0 bridgehead atoms. The van der Waals surface area contributed by atoms with Crippen molar-refractivity contribution in [3.63, 3.8) is 0 Å². The molecule has 6 heteroatoms. The van der Waals surface area contributed by atoms with Gasteiger partial charge in [-0.15, -0.1) is 0 Å². The molecule has 67 heavy (non-hydrogen) atoms. The molecule has 0 aromatic rings. The minimum absolute atomic E-state index is 0.121. The van der Waals surface area contributed by atoms with Gasteiger partial charge in [0, 0.05) is 19.3 Å². The van der Waals surface area contributed by atoms with E-state index in [0.717, 1.165) is 141 Å². The molecule has 0 amide bonds. The summed E-state index contributed by atoms with van der Waals surface area (Å²) in [5, 5.41) is 0. The van der Waals surface area contributed by atoms with E-state index < -0.39 is 6.10 Å². The summed E-state index contributed by atoms with van der Waals surface area (Å²) in [6.07, 6.45) is 75.9. The monoisotopic (exact) mass is 925 g/mol. The zero-order valence-corrected chi connectivity index (χ0v) is 42.9. The molecule has 0 spiro atoms. The summed E-state index contributed by atoms with van der Waals surface area (Å²) in [5.74, 6) is -1.05. The fraction of sp³-hybridized carbons (Fsp3) is 0.590. The Labute approximate surface area is 411 Å².